The smallest absolute Gasteiger partial charge is 0.170 e. The van der Waals surface area contributed by atoms with Crippen LogP contribution in [0.3, 0.4) is 0 Å². The second-order valence-electron chi connectivity index (χ2n) is 5.23. The minimum Gasteiger partial charge on any atom is -0.490 e. The van der Waals surface area contributed by atoms with E-state index in [1.165, 1.54) is 0 Å². The molecule has 1 aromatic carbocycles. The van der Waals surface area contributed by atoms with Crippen LogP contribution in [-0.4, -0.2) is 30.4 Å². The first-order valence-electron chi connectivity index (χ1n) is 6.92. The summed E-state index contributed by atoms with van der Waals surface area (Å²) in [5.74, 6) is 0.879. The molecule has 2 atom stereocenters. The van der Waals surface area contributed by atoms with Gasteiger partial charge in [0.15, 0.2) is 5.84 Å². The summed E-state index contributed by atoms with van der Waals surface area (Å²) >= 11 is 0. The summed E-state index contributed by atoms with van der Waals surface area (Å²) in [4.78, 5) is 0. The van der Waals surface area contributed by atoms with Crippen LogP contribution in [0.15, 0.2) is 23.4 Å². The van der Waals surface area contributed by atoms with E-state index in [2.05, 4.69) is 5.16 Å². The molecule has 0 bridgehead atoms. The van der Waals surface area contributed by atoms with Gasteiger partial charge in [-0.15, -0.1) is 0 Å². The average molecular weight is 278 g/mol. The van der Waals surface area contributed by atoms with Crippen molar-refractivity contribution in [2.75, 3.05) is 7.11 Å². The molecule has 20 heavy (non-hydrogen) atoms. The number of nitrogens with zero attached hydrogens (tertiary/aromatic N) is 1. The molecule has 110 valence electrons. The fourth-order valence-electron chi connectivity index (χ4n) is 2.55. The zero-order valence-corrected chi connectivity index (χ0v) is 12.0. The van der Waals surface area contributed by atoms with E-state index in [1.54, 1.807) is 7.11 Å². The Hall–Kier alpha value is -1.75. The number of ether oxygens (including phenoxy) is 2. The van der Waals surface area contributed by atoms with Crippen LogP contribution in [0.4, 0.5) is 0 Å². The molecule has 0 aromatic heterocycles. The highest BCUT2D eigenvalue weighted by Crippen LogP contribution is 2.27. The molecule has 0 aliphatic heterocycles. The molecule has 0 spiro atoms. The van der Waals surface area contributed by atoms with Gasteiger partial charge in [-0.3, -0.25) is 0 Å². The molecule has 0 saturated heterocycles. The lowest BCUT2D eigenvalue weighted by molar-refractivity contribution is 0.0207. The number of amidine groups is 1. The number of hydrogen-bond acceptors (Lipinski definition) is 4. The summed E-state index contributed by atoms with van der Waals surface area (Å²) in [6.45, 7) is 1.99. The minimum atomic E-state index is 0.0910. The van der Waals surface area contributed by atoms with Crippen LogP contribution < -0.4 is 10.5 Å². The Kier molecular flexibility index (Phi) is 4.84. The average Bonchev–Trinajstić information content (AvgIpc) is 2.49. The van der Waals surface area contributed by atoms with Crippen LogP contribution in [0.25, 0.3) is 0 Å². The van der Waals surface area contributed by atoms with Gasteiger partial charge in [0.25, 0.3) is 0 Å². The number of benzene rings is 1. The maximum atomic E-state index is 8.74. The van der Waals surface area contributed by atoms with Gasteiger partial charge in [0.1, 0.15) is 11.9 Å². The van der Waals surface area contributed by atoms with Crippen LogP contribution in [0.5, 0.6) is 5.75 Å². The molecule has 2 unspecified atom stereocenters. The molecule has 0 heterocycles. The Morgan fingerprint density at radius 1 is 1.35 bits per heavy atom. The molecule has 1 saturated carbocycles. The van der Waals surface area contributed by atoms with E-state index < -0.39 is 0 Å². The Balaban J connectivity index is 2.12. The molecule has 0 radical (unpaired) electrons. The van der Waals surface area contributed by atoms with Crippen molar-refractivity contribution < 1.29 is 14.7 Å². The third-order valence-corrected chi connectivity index (χ3v) is 3.80. The number of hydrogen-bond donors (Lipinski definition) is 2. The first-order chi connectivity index (χ1) is 9.63. The summed E-state index contributed by atoms with van der Waals surface area (Å²) < 4.78 is 11.5. The topological polar surface area (TPSA) is 77.1 Å². The molecule has 5 nitrogen and oxygen atoms in total. The lowest BCUT2D eigenvalue weighted by atomic mass is 9.95. The van der Waals surface area contributed by atoms with Crippen molar-refractivity contribution in [1.82, 2.24) is 0 Å². The van der Waals surface area contributed by atoms with Crippen LogP contribution >= 0.6 is 0 Å². The van der Waals surface area contributed by atoms with Crippen molar-refractivity contribution in [3.63, 3.8) is 0 Å². The molecule has 3 N–H and O–H groups in total. The predicted octanol–water partition coefficient (Wildman–Crippen LogP) is 2.43. The van der Waals surface area contributed by atoms with E-state index in [4.69, 9.17) is 20.4 Å². The molecule has 1 aromatic rings. The zero-order valence-electron chi connectivity index (χ0n) is 12.0. The van der Waals surface area contributed by atoms with Gasteiger partial charge in [-0.25, -0.2) is 0 Å². The summed E-state index contributed by atoms with van der Waals surface area (Å²) in [5.41, 5.74) is 7.31. The monoisotopic (exact) mass is 278 g/mol. The Bertz CT molecular complexity index is 488. The van der Waals surface area contributed by atoms with E-state index in [0.717, 1.165) is 37.0 Å². The van der Waals surface area contributed by atoms with Crippen LogP contribution in [0.2, 0.25) is 0 Å². The number of nitrogens with two attached hydrogens (primary N) is 1. The van der Waals surface area contributed by atoms with E-state index in [9.17, 15) is 0 Å². The van der Waals surface area contributed by atoms with E-state index in [1.807, 2.05) is 25.1 Å². The molecule has 2 rings (SSSR count). The lowest BCUT2D eigenvalue weighted by Gasteiger charge is -2.29. The molecular weight excluding hydrogens is 256 g/mol. The van der Waals surface area contributed by atoms with Crippen LogP contribution in [0, 0.1) is 6.92 Å². The van der Waals surface area contributed by atoms with Gasteiger partial charge in [-0.2, -0.15) is 0 Å². The van der Waals surface area contributed by atoms with Crippen molar-refractivity contribution in [3.05, 3.63) is 29.3 Å². The highest BCUT2D eigenvalue weighted by Gasteiger charge is 2.23. The summed E-state index contributed by atoms with van der Waals surface area (Å²) in [7, 11) is 1.75. The third-order valence-electron chi connectivity index (χ3n) is 3.80. The van der Waals surface area contributed by atoms with Crippen LogP contribution in [-0.2, 0) is 4.74 Å². The van der Waals surface area contributed by atoms with Gasteiger partial charge < -0.3 is 20.4 Å². The normalized spacial score (nSPS) is 23.6. The van der Waals surface area contributed by atoms with Gasteiger partial charge in [0.05, 0.1) is 6.10 Å². The molecular formula is C15H22N2O3. The van der Waals surface area contributed by atoms with Gasteiger partial charge >= 0.3 is 0 Å². The quantitative estimate of drug-likeness (QED) is 0.384. The van der Waals surface area contributed by atoms with E-state index in [0.29, 0.717) is 5.56 Å². The second kappa shape index (κ2) is 6.61. The number of methoxy groups -OCH3 is 1. The highest BCUT2D eigenvalue weighted by molar-refractivity contribution is 5.97. The van der Waals surface area contributed by atoms with E-state index >= 15 is 0 Å². The Labute approximate surface area is 119 Å². The fraction of sp³-hybridized carbons (Fsp3) is 0.533. The summed E-state index contributed by atoms with van der Waals surface area (Å²) in [6, 6.07) is 5.55. The Morgan fingerprint density at radius 2 is 2.10 bits per heavy atom. The second-order valence-corrected chi connectivity index (χ2v) is 5.23. The Morgan fingerprint density at radius 3 is 2.80 bits per heavy atom. The number of oxime groups is 1. The van der Waals surface area contributed by atoms with Gasteiger partial charge in [-0.1, -0.05) is 17.3 Å². The first-order valence-corrected chi connectivity index (χ1v) is 6.92. The van der Waals surface area contributed by atoms with E-state index in [-0.39, 0.29) is 18.0 Å². The van der Waals surface area contributed by atoms with Gasteiger partial charge in [0.2, 0.25) is 0 Å². The largest absolute Gasteiger partial charge is 0.490 e. The van der Waals surface area contributed by atoms with Gasteiger partial charge in [-0.05, 0) is 37.8 Å². The third kappa shape index (κ3) is 3.42. The fourth-order valence-corrected chi connectivity index (χ4v) is 2.55. The lowest BCUT2D eigenvalue weighted by Crippen LogP contribution is -2.29. The maximum Gasteiger partial charge on any atom is 0.170 e. The SMILES string of the molecule is COC1CCCC(Oc2cc(/C(N)=N/O)ccc2C)C1. The molecule has 1 aliphatic rings. The zero-order chi connectivity index (χ0) is 14.5. The predicted molar refractivity (Wildman–Crippen MR) is 77.4 cm³/mol. The minimum absolute atomic E-state index is 0.0910. The molecule has 5 heteroatoms. The summed E-state index contributed by atoms with van der Waals surface area (Å²) in [5, 5.41) is 11.8. The highest BCUT2D eigenvalue weighted by atomic mass is 16.5. The molecule has 1 fully saturated rings. The van der Waals surface area contributed by atoms with Gasteiger partial charge in [0, 0.05) is 19.1 Å². The van der Waals surface area contributed by atoms with Crippen LogP contribution in [0.1, 0.15) is 36.8 Å². The number of aryl methyl sites for hydroxylation is 1. The molecule has 0 amide bonds. The van der Waals surface area contributed by atoms with Crippen molar-refractivity contribution in [2.45, 2.75) is 44.8 Å². The number of rotatable bonds is 4. The molecule has 1 aliphatic carbocycles. The van der Waals surface area contributed by atoms with Crippen molar-refractivity contribution in [1.29, 1.82) is 0 Å². The van der Waals surface area contributed by atoms with Crippen molar-refractivity contribution >= 4 is 5.84 Å². The van der Waals surface area contributed by atoms with Crippen molar-refractivity contribution in [2.24, 2.45) is 10.9 Å². The maximum absolute atomic E-state index is 8.74. The first kappa shape index (κ1) is 14.7. The summed E-state index contributed by atoms with van der Waals surface area (Å²) in [6.07, 6.45) is 4.59. The van der Waals surface area contributed by atoms with Crippen molar-refractivity contribution in [3.8, 4) is 5.75 Å². The standard InChI is InChI=1S/C15H22N2O3/c1-10-6-7-11(15(16)17-18)8-14(10)20-13-5-3-4-12(9-13)19-2/h6-8,12-13,18H,3-5,9H2,1-2H3,(H2,16,17).